The van der Waals surface area contributed by atoms with E-state index in [2.05, 4.69) is 22.2 Å². The second-order valence-electron chi connectivity index (χ2n) is 10.6. The third kappa shape index (κ3) is 5.99. The lowest BCUT2D eigenvalue weighted by Crippen LogP contribution is -2.46. The average molecular weight is 561 g/mol. The van der Waals surface area contributed by atoms with E-state index in [-0.39, 0.29) is 23.5 Å². The molecule has 2 aliphatic rings. The number of para-hydroxylation sites is 1. The second kappa shape index (κ2) is 11.5. The number of nitrogens with two attached hydrogens (primary N) is 1. The van der Waals surface area contributed by atoms with Gasteiger partial charge in [0.1, 0.15) is 22.7 Å². The molecule has 2 aromatic carbocycles. The van der Waals surface area contributed by atoms with E-state index in [1.54, 1.807) is 54.4 Å². The zero-order chi connectivity index (χ0) is 29.1. The molecule has 0 radical (unpaired) electrons. The van der Waals surface area contributed by atoms with Crippen LogP contribution in [-0.2, 0) is 9.59 Å². The zero-order valence-electron chi connectivity index (χ0n) is 23.0. The predicted octanol–water partition coefficient (Wildman–Crippen LogP) is 4.50. The number of halogens is 1. The minimum atomic E-state index is -1.34. The summed E-state index contributed by atoms with van der Waals surface area (Å²) in [7, 11) is 3.84. The third-order valence-electron chi connectivity index (χ3n) is 7.77. The number of urea groups is 1. The van der Waals surface area contributed by atoms with Crippen molar-refractivity contribution in [1.82, 2.24) is 14.8 Å². The number of piperidine rings is 1. The van der Waals surface area contributed by atoms with Crippen molar-refractivity contribution in [3.05, 3.63) is 72.7 Å². The molecule has 1 aromatic heterocycles. The normalized spacial score (nSPS) is 16.5. The van der Waals surface area contributed by atoms with Crippen LogP contribution in [0.1, 0.15) is 25.7 Å². The summed E-state index contributed by atoms with van der Waals surface area (Å²) < 4.78 is 21.4. The van der Waals surface area contributed by atoms with Gasteiger partial charge in [0, 0.05) is 37.1 Å². The van der Waals surface area contributed by atoms with Crippen LogP contribution in [0.2, 0.25) is 0 Å². The number of anilines is 3. The molecule has 214 valence electrons. The molecule has 0 bridgehead atoms. The van der Waals surface area contributed by atoms with Crippen LogP contribution in [0.5, 0.6) is 11.5 Å². The Labute approximate surface area is 237 Å². The first-order valence-electron chi connectivity index (χ1n) is 13.5. The summed E-state index contributed by atoms with van der Waals surface area (Å²) in [6, 6.07) is 15.7. The lowest BCUT2D eigenvalue weighted by Gasteiger charge is -2.34. The smallest absolute Gasteiger partial charge is 0.323 e. The fraction of sp³-hybridized carbons (Fsp3) is 0.333. The first-order valence-corrected chi connectivity index (χ1v) is 13.5. The third-order valence-corrected chi connectivity index (χ3v) is 7.77. The number of nitrogens with one attached hydrogen (secondary N) is 1. The number of benzene rings is 2. The van der Waals surface area contributed by atoms with Crippen LogP contribution in [0.15, 0.2) is 66.9 Å². The van der Waals surface area contributed by atoms with Crippen LogP contribution in [0.4, 0.5) is 26.4 Å². The lowest BCUT2D eigenvalue weighted by molar-refractivity contribution is -0.133. The molecule has 0 unspecified atom stereocenters. The van der Waals surface area contributed by atoms with Crippen molar-refractivity contribution < 1.29 is 23.5 Å². The quantitative estimate of drug-likeness (QED) is 0.392. The first kappa shape index (κ1) is 28.0. The molecule has 2 heterocycles. The van der Waals surface area contributed by atoms with Crippen molar-refractivity contribution in [3.63, 3.8) is 0 Å². The fourth-order valence-corrected chi connectivity index (χ4v) is 5.00. The number of pyridine rings is 1. The molecule has 4 amide bonds. The Bertz CT molecular complexity index is 1440. The van der Waals surface area contributed by atoms with Gasteiger partial charge >= 0.3 is 6.03 Å². The van der Waals surface area contributed by atoms with E-state index in [0.717, 1.165) is 32.0 Å². The molecule has 11 heteroatoms. The van der Waals surface area contributed by atoms with Crippen LogP contribution in [-0.4, -0.2) is 65.9 Å². The number of likely N-dealkylation sites (tertiary alicyclic amines) is 1. The van der Waals surface area contributed by atoms with Crippen molar-refractivity contribution >= 4 is 35.0 Å². The summed E-state index contributed by atoms with van der Waals surface area (Å²) in [5, 5.41) is 2.80. The monoisotopic (exact) mass is 560 g/mol. The molecule has 1 aliphatic carbocycles. The Morgan fingerprint density at radius 3 is 2.37 bits per heavy atom. The number of primary amides is 1. The van der Waals surface area contributed by atoms with Crippen molar-refractivity contribution in [2.75, 3.05) is 37.4 Å². The van der Waals surface area contributed by atoms with Crippen molar-refractivity contribution in [3.8, 4) is 11.5 Å². The van der Waals surface area contributed by atoms with Gasteiger partial charge in [-0.1, -0.05) is 18.2 Å². The fourth-order valence-electron chi connectivity index (χ4n) is 5.00. The van der Waals surface area contributed by atoms with Gasteiger partial charge in [-0.3, -0.25) is 19.8 Å². The standard InChI is InChI=1S/C30H33FN6O4/c1-35-16-11-20(12-17-35)36(2)29(40)34-26-19-23(10-15-33-26)41-22-8-9-25(24(31)18-22)37(21-6-4-3-5-7-21)28(39)30(13-14-30)27(32)38/h3-10,15,18-20H,11-14,16-17H2,1-2H3,(H2,32,38)(H,33,34,40). The summed E-state index contributed by atoms with van der Waals surface area (Å²) in [6.45, 7) is 1.87. The second-order valence-corrected chi connectivity index (χ2v) is 10.6. The van der Waals surface area contributed by atoms with E-state index >= 15 is 4.39 Å². The maximum atomic E-state index is 15.5. The highest BCUT2D eigenvalue weighted by Crippen LogP contribution is 2.49. The molecule has 1 saturated carbocycles. The van der Waals surface area contributed by atoms with Crippen molar-refractivity contribution in [1.29, 1.82) is 0 Å². The maximum Gasteiger partial charge on any atom is 0.323 e. The average Bonchev–Trinajstić information content (AvgIpc) is 3.78. The summed E-state index contributed by atoms with van der Waals surface area (Å²) in [4.78, 5) is 47.7. The molecule has 3 N–H and O–H groups in total. The number of aromatic nitrogens is 1. The summed E-state index contributed by atoms with van der Waals surface area (Å²) in [6.07, 6.45) is 3.93. The summed E-state index contributed by atoms with van der Waals surface area (Å²) in [5.41, 5.74) is 4.59. The number of nitrogens with zero attached hydrogens (tertiary/aromatic N) is 4. The number of rotatable bonds is 8. The van der Waals surface area contributed by atoms with E-state index in [1.807, 2.05) is 0 Å². The van der Waals surface area contributed by atoms with Gasteiger partial charge in [0.2, 0.25) is 11.8 Å². The number of carbonyl (C=O) groups is 3. The molecule has 1 saturated heterocycles. The van der Waals surface area contributed by atoms with Crippen LogP contribution in [0.3, 0.4) is 0 Å². The van der Waals surface area contributed by atoms with Gasteiger partial charge in [-0.15, -0.1) is 0 Å². The molecule has 10 nitrogen and oxygen atoms in total. The van der Waals surface area contributed by atoms with Crippen LogP contribution >= 0.6 is 0 Å². The molecule has 1 aliphatic heterocycles. The van der Waals surface area contributed by atoms with Crippen LogP contribution < -0.4 is 20.7 Å². The van der Waals surface area contributed by atoms with E-state index in [0.29, 0.717) is 30.1 Å². The molecular formula is C30H33FN6O4. The highest BCUT2D eigenvalue weighted by Gasteiger charge is 2.57. The SMILES string of the molecule is CN1CCC(N(C)C(=O)Nc2cc(Oc3ccc(N(C(=O)C4(C(N)=O)CC4)c4ccccc4)c(F)c3)ccn2)CC1. The van der Waals surface area contributed by atoms with Crippen LogP contribution in [0.25, 0.3) is 0 Å². The van der Waals surface area contributed by atoms with E-state index in [4.69, 9.17) is 10.5 Å². The number of carbonyl (C=O) groups excluding carboxylic acids is 3. The van der Waals surface area contributed by atoms with Gasteiger partial charge in [0.25, 0.3) is 0 Å². The largest absolute Gasteiger partial charge is 0.457 e. The van der Waals surface area contributed by atoms with Gasteiger partial charge in [0.05, 0.1) is 5.69 Å². The molecular weight excluding hydrogens is 527 g/mol. The first-order chi connectivity index (χ1) is 19.7. The minimum Gasteiger partial charge on any atom is -0.457 e. The molecule has 41 heavy (non-hydrogen) atoms. The van der Waals surface area contributed by atoms with E-state index < -0.39 is 23.0 Å². The Morgan fingerprint density at radius 2 is 1.73 bits per heavy atom. The lowest BCUT2D eigenvalue weighted by atomic mass is 10.0. The van der Waals surface area contributed by atoms with E-state index in [1.165, 1.54) is 23.2 Å². The molecule has 0 spiro atoms. The van der Waals surface area contributed by atoms with Gasteiger partial charge < -0.3 is 20.3 Å². The number of amides is 4. The van der Waals surface area contributed by atoms with Gasteiger partial charge in [-0.2, -0.15) is 0 Å². The Balaban J connectivity index is 1.31. The van der Waals surface area contributed by atoms with Crippen molar-refractivity contribution in [2.45, 2.75) is 31.7 Å². The number of hydrogen-bond acceptors (Lipinski definition) is 6. The minimum absolute atomic E-state index is 0.0271. The predicted molar refractivity (Wildman–Crippen MR) is 152 cm³/mol. The molecule has 2 fully saturated rings. The highest BCUT2D eigenvalue weighted by atomic mass is 19.1. The number of ether oxygens (including phenoxy) is 1. The summed E-state index contributed by atoms with van der Waals surface area (Å²) in [5.74, 6) is -1.19. The Kier molecular flexibility index (Phi) is 7.89. The summed E-state index contributed by atoms with van der Waals surface area (Å²) >= 11 is 0. The van der Waals surface area contributed by atoms with Crippen LogP contribution in [0, 0.1) is 11.2 Å². The maximum absolute atomic E-state index is 15.5. The molecule has 0 atom stereocenters. The highest BCUT2D eigenvalue weighted by molar-refractivity contribution is 6.16. The number of hydrogen-bond donors (Lipinski definition) is 2. The van der Waals surface area contributed by atoms with Gasteiger partial charge in [-0.05, 0) is 76.2 Å². The molecule has 5 rings (SSSR count). The topological polar surface area (TPSA) is 121 Å². The van der Waals surface area contributed by atoms with E-state index in [9.17, 15) is 14.4 Å². The molecule has 3 aromatic rings. The van der Waals surface area contributed by atoms with Gasteiger partial charge in [-0.25, -0.2) is 14.2 Å². The Morgan fingerprint density at radius 1 is 1.05 bits per heavy atom. The zero-order valence-corrected chi connectivity index (χ0v) is 23.0. The van der Waals surface area contributed by atoms with Crippen molar-refractivity contribution in [2.24, 2.45) is 11.1 Å². The van der Waals surface area contributed by atoms with Gasteiger partial charge in [0.15, 0.2) is 5.82 Å². The Hall–Kier alpha value is -4.51.